The van der Waals surface area contributed by atoms with E-state index in [1.807, 2.05) is 13.0 Å². The van der Waals surface area contributed by atoms with Crippen LogP contribution in [0.3, 0.4) is 0 Å². The number of aromatic nitrogens is 5. The molecule has 0 aromatic carbocycles. The molecule has 0 bridgehead atoms. The normalized spacial score (nSPS) is 13.5. The third kappa shape index (κ3) is 5.53. The van der Waals surface area contributed by atoms with E-state index in [4.69, 9.17) is 16.3 Å². The Hall–Kier alpha value is -3.76. The van der Waals surface area contributed by atoms with Crippen molar-refractivity contribution in [1.29, 1.82) is 0 Å². The van der Waals surface area contributed by atoms with E-state index in [1.165, 1.54) is 4.57 Å². The smallest absolute Gasteiger partial charge is 0.277 e. The summed E-state index contributed by atoms with van der Waals surface area (Å²) in [5.41, 5.74) is 1.75. The van der Waals surface area contributed by atoms with Gasteiger partial charge in [-0.2, -0.15) is 0 Å². The van der Waals surface area contributed by atoms with E-state index in [2.05, 4.69) is 19.9 Å². The van der Waals surface area contributed by atoms with E-state index in [9.17, 15) is 18.7 Å². The van der Waals surface area contributed by atoms with Gasteiger partial charge in [-0.3, -0.25) is 19.3 Å². The molecule has 8 nitrogen and oxygen atoms in total. The lowest BCUT2D eigenvalue weighted by molar-refractivity contribution is 0.0685. The number of aliphatic hydroxyl groups is 1. The van der Waals surface area contributed by atoms with Gasteiger partial charge in [-0.15, -0.1) is 0 Å². The van der Waals surface area contributed by atoms with Gasteiger partial charge in [-0.1, -0.05) is 11.6 Å². The van der Waals surface area contributed by atoms with Crippen molar-refractivity contribution in [1.82, 2.24) is 24.5 Å². The van der Waals surface area contributed by atoms with E-state index in [1.54, 1.807) is 39.1 Å². The Morgan fingerprint density at radius 2 is 1.82 bits per heavy atom. The second kappa shape index (κ2) is 10.1. The fraction of sp³-hybridized carbons (Fsp3) is 0.321. The summed E-state index contributed by atoms with van der Waals surface area (Å²) in [6, 6.07) is 5.88. The van der Waals surface area contributed by atoms with E-state index >= 15 is 0 Å². The minimum Gasteiger partial charge on any atom is -0.485 e. The Balaban J connectivity index is 1.53. The maximum Gasteiger partial charge on any atom is 0.277 e. The molecule has 0 amide bonds. The molecule has 4 aromatic heterocycles. The number of aryl methyl sites for hydroxylation is 2. The van der Waals surface area contributed by atoms with Crippen LogP contribution in [0.4, 0.5) is 8.78 Å². The lowest BCUT2D eigenvalue weighted by atomic mass is 10.1. The van der Waals surface area contributed by atoms with Gasteiger partial charge in [0.25, 0.3) is 5.56 Å². The third-order valence-corrected chi connectivity index (χ3v) is 6.76. The summed E-state index contributed by atoms with van der Waals surface area (Å²) in [5, 5.41) is 10.4. The number of hydrogen-bond donors (Lipinski definition) is 1. The van der Waals surface area contributed by atoms with Crippen molar-refractivity contribution in [2.75, 3.05) is 0 Å². The Bertz CT molecular complexity index is 1650. The fourth-order valence-electron chi connectivity index (χ4n) is 4.13. The largest absolute Gasteiger partial charge is 0.485 e. The molecule has 0 spiro atoms. The predicted octanol–water partition coefficient (Wildman–Crippen LogP) is 5.32. The van der Waals surface area contributed by atoms with Crippen molar-refractivity contribution < 1.29 is 18.6 Å². The van der Waals surface area contributed by atoms with E-state index in [0.29, 0.717) is 46.1 Å². The standard InChI is InChI=1S/C28H26ClF2N5O3/c1-14-11-32-20(21-9-19(16-5-6-16)34-27(35-21)28(3,4)38)10-23(14)36-15(2)7-24(25(29)26(36)37)39-13-22-18(31)8-17(30)12-33-22/h7-12,16,38H,5-6,13H2,1-4H3. The molecule has 5 rings (SSSR count). The molecule has 0 aliphatic heterocycles. The molecule has 11 heteroatoms. The van der Waals surface area contributed by atoms with Crippen molar-refractivity contribution in [2.24, 2.45) is 0 Å². The molecule has 0 unspecified atom stereocenters. The van der Waals surface area contributed by atoms with Gasteiger partial charge in [0.15, 0.2) is 11.6 Å². The summed E-state index contributed by atoms with van der Waals surface area (Å²) in [6.45, 7) is 6.45. The van der Waals surface area contributed by atoms with Crippen LogP contribution in [0.15, 0.2) is 41.5 Å². The van der Waals surface area contributed by atoms with Gasteiger partial charge >= 0.3 is 0 Å². The van der Waals surface area contributed by atoms with Crippen LogP contribution in [0.1, 0.15) is 61.1 Å². The zero-order valence-electron chi connectivity index (χ0n) is 21.8. The second-order valence-corrected chi connectivity index (χ2v) is 10.5. The molecule has 1 saturated carbocycles. The number of hydrogen-bond acceptors (Lipinski definition) is 7. The number of pyridine rings is 3. The van der Waals surface area contributed by atoms with Crippen LogP contribution in [-0.4, -0.2) is 29.6 Å². The molecule has 1 aliphatic carbocycles. The number of rotatable bonds is 7. The van der Waals surface area contributed by atoms with Gasteiger partial charge in [-0.05, 0) is 58.2 Å². The molecule has 0 saturated heterocycles. The average Bonchev–Trinajstić information content (AvgIpc) is 3.72. The first-order chi connectivity index (χ1) is 18.4. The Labute approximate surface area is 228 Å². The van der Waals surface area contributed by atoms with Crippen LogP contribution < -0.4 is 10.3 Å². The van der Waals surface area contributed by atoms with Crippen molar-refractivity contribution in [3.63, 3.8) is 0 Å². The summed E-state index contributed by atoms with van der Waals surface area (Å²) >= 11 is 6.40. The molecule has 1 fully saturated rings. The average molecular weight is 554 g/mol. The van der Waals surface area contributed by atoms with Crippen molar-refractivity contribution >= 4 is 11.6 Å². The zero-order valence-corrected chi connectivity index (χ0v) is 22.6. The highest BCUT2D eigenvalue weighted by molar-refractivity contribution is 6.31. The van der Waals surface area contributed by atoms with Gasteiger partial charge in [0, 0.05) is 35.6 Å². The summed E-state index contributed by atoms with van der Waals surface area (Å²) in [6.07, 6.45) is 4.58. The van der Waals surface area contributed by atoms with Gasteiger partial charge in [0.1, 0.15) is 34.5 Å². The van der Waals surface area contributed by atoms with Crippen molar-refractivity contribution in [3.8, 4) is 22.8 Å². The Morgan fingerprint density at radius 1 is 1.08 bits per heavy atom. The molecular formula is C28H26ClF2N5O3. The minimum absolute atomic E-state index is 0.0487. The predicted molar refractivity (Wildman–Crippen MR) is 141 cm³/mol. The van der Waals surface area contributed by atoms with Crippen LogP contribution in [0.25, 0.3) is 17.1 Å². The van der Waals surface area contributed by atoms with Crippen LogP contribution in [0.2, 0.25) is 5.02 Å². The molecule has 0 radical (unpaired) electrons. The molecular weight excluding hydrogens is 528 g/mol. The zero-order chi connectivity index (χ0) is 28.1. The fourth-order valence-corrected chi connectivity index (χ4v) is 4.33. The van der Waals surface area contributed by atoms with Crippen molar-refractivity contribution in [3.05, 3.63) is 92.1 Å². The maximum absolute atomic E-state index is 14.0. The first kappa shape index (κ1) is 26.8. The second-order valence-electron chi connectivity index (χ2n) is 10.2. The summed E-state index contributed by atoms with van der Waals surface area (Å²) < 4.78 is 34.1. The van der Waals surface area contributed by atoms with E-state index < -0.39 is 22.8 Å². The monoisotopic (exact) mass is 553 g/mol. The topological polar surface area (TPSA) is 103 Å². The van der Waals surface area contributed by atoms with E-state index in [0.717, 1.165) is 24.7 Å². The summed E-state index contributed by atoms with van der Waals surface area (Å²) in [4.78, 5) is 30.8. The number of halogens is 3. The first-order valence-corrected chi connectivity index (χ1v) is 12.7. The van der Waals surface area contributed by atoms with Crippen LogP contribution in [-0.2, 0) is 12.2 Å². The molecule has 202 valence electrons. The number of ether oxygens (including phenoxy) is 1. The molecule has 0 atom stereocenters. The molecule has 1 aliphatic rings. The van der Waals surface area contributed by atoms with Gasteiger partial charge in [0.2, 0.25) is 0 Å². The molecule has 39 heavy (non-hydrogen) atoms. The Morgan fingerprint density at radius 3 is 2.49 bits per heavy atom. The lowest BCUT2D eigenvalue weighted by Gasteiger charge is -2.19. The highest BCUT2D eigenvalue weighted by Crippen LogP contribution is 2.40. The number of nitrogens with zero attached hydrogens (tertiary/aromatic N) is 5. The quantitative estimate of drug-likeness (QED) is 0.330. The Kier molecular flexibility index (Phi) is 6.94. The first-order valence-electron chi connectivity index (χ1n) is 12.4. The van der Waals surface area contributed by atoms with Crippen LogP contribution in [0.5, 0.6) is 5.75 Å². The van der Waals surface area contributed by atoms with Crippen LogP contribution >= 0.6 is 11.6 Å². The van der Waals surface area contributed by atoms with Gasteiger partial charge in [-0.25, -0.2) is 18.7 Å². The SMILES string of the molecule is Cc1cnc(-c2cc(C3CC3)nc(C(C)(C)O)n2)cc1-n1c(C)cc(OCc2ncc(F)cc2F)c(Cl)c1=O. The lowest BCUT2D eigenvalue weighted by Crippen LogP contribution is -2.23. The van der Waals surface area contributed by atoms with Crippen molar-refractivity contribution in [2.45, 2.75) is 58.7 Å². The summed E-state index contributed by atoms with van der Waals surface area (Å²) in [7, 11) is 0. The summed E-state index contributed by atoms with van der Waals surface area (Å²) in [5.74, 6) is -0.990. The van der Waals surface area contributed by atoms with Crippen LogP contribution in [0, 0.1) is 25.5 Å². The highest BCUT2D eigenvalue weighted by Gasteiger charge is 2.29. The van der Waals surface area contributed by atoms with E-state index in [-0.39, 0.29) is 23.1 Å². The maximum atomic E-state index is 14.0. The van der Waals surface area contributed by atoms with Gasteiger partial charge < -0.3 is 9.84 Å². The molecule has 4 aromatic rings. The van der Waals surface area contributed by atoms with Gasteiger partial charge in [0.05, 0.1) is 23.3 Å². The molecule has 1 N–H and O–H groups in total. The molecule has 4 heterocycles. The highest BCUT2D eigenvalue weighted by atomic mass is 35.5. The minimum atomic E-state index is -1.24. The third-order valence-electron chi connectivity index (χ3n) is 6.42.